The summed E-state index contributed by atoms with van der Waals surface area (Å²) in [6, 6.07) is 5.05. The van der Waals surface area contributed by atoms with E-state index in [2.05, 4.69) is 15.6 Å². The maximum atomic E-state index is 13.1. The van der Waals surface area contributed by atoms with Gasteiger partial charge in [-0.15, -0.1) is 5.10 Å². The number of nitrogens with zero attached hydrogens (tertiary/aromatic N) is 4. The Kier molecular flexibility index (Phi) is 4.52. The van der Waals surface area contributed by atoms with Crippen LogP contribution in [0.3, 0.4) is 0 Å². The van der Waals surface area contributed by atoms with Gasteiger partial charge in [-0.2, -0.15) is 13.2 Å². The fourth-order valence-electron chi connectivity index (χ4n) is 2.60. The van der Waals surface area contributed by atoms with Gasteiger partial charge in [-0.3, -0.25) is 4.79 Å². The van der Waals surface area contributed by atoms with Crippen molar-refractivity contribution in [3.05, 3.63) is 41.7 Å². The quantitative estimate of drug-likeness (QED) is 0.905. The fourth-order valence-corrected chi connectivity index (χ4v) is 2.60. The summed E-state index contributed by atoms with van der Waals surface area (Å²) in [5.41, 5.74) is -0.948. The van der Waals surface area contributed by atoms with Crippen LogP contribution < -0.4 is 5.32 Å². The number of carbonyl (C=O) groups is 1. The molecule has 0 saturated carbocycles. The van der Waals surface area contributed by atoms with Crippen molar-refractivity contribution in [3.8, 4) is 5.69 Å². The number of benzene rings is 1. The Bertz CT molecular complexity index is 720. The molecule has 6 nitrogen and oxygen atoms in total. The van der Waals surface area contributed by atoms with Crippen LogP contribution in [0.15, 0.2) is 30.5 Å². The Morgan fingerprint density at radius 1 is 1.17 bits per heavy atom. The zero-order valence-corrected chi connectivity index (χ0v) is 12.8. The highest BCUT2D eigenvalue weighted by Gasteiger charge is 2.34. The van der Waals surface area contributed by atoms with Crippen LogP contribution in [-0.4, -0.2) is 52.0 Å². The molecule has 24 heavy (non-hydrogen) atoms. The minimum Gasteiger partial charge on any atom is -0.336 e. The molecule has 9 heteroatoms. The second kappa shape index (κ2) is 6.60. The minimum absolute atomic E-state index is 0.0360. The van der Waals surface area contributed by atoms with Crippen LogP contribution in [0.25, 0.3) is 5.69 Å². The molecule has 0 spiro atoms. The van der Waals surface area contributed by atoms with Gasteiger partial charge in [0.05, 0.1) is 17.4 Å². The van der Waals surface area contributed by atoms with Crippen molar-refractivity contribution in [1.82, 2.24) is 25.2 Å². The molecule has 1 aliphatic rings. The van der Waals surface area contributed by atoms with E-state index in [1.165, 1.54) is 24.4 Å². The van der Waals surface area contributed by atoms with Crippen LogP contribution in [-0.2, 0) is 6.18 Å². The van der Waals surface area contributed by atoms with Crippen LogP contribution in [0, 0.1) is 0 Å². The van der Waals surface area contributed by atoms with Gasteiger partial charge in [0.15, 0.2) is 5.69 Å². The standard InChI is InChI=1S/C15H16F3N5O/c16-15(17,18)11-4-1-2-5-13(11)23-10-12(20-21-23)14(24)22-8-3-6-19-7-9-22/h1-2,4-5,10,19H,3,6-9H2. The number of carbonyl (C=O) groups excluding carboxylic acids is 1. The summed E-state index contributed by atoms with van der Waals surface area (Å²) in [6.45, 7) is 2.62. The van der Waals surface area contributed by atoms with Crippen molar-refractivity contribution in [1.29, 1.82) is 0 Å². The summed E-state index contributed by atoms with van der Waals surface area (Å²) in [4.78, 5) is 14.1. The van der Waals surface area contributed by atoms with E-state index < -0.39 is 11.7 Å². The molecule has 3 rings (SSSR count). The third-order valence-electron chi connectivity index (χ3n) is 3.80. The maximum absolute atomic E-state index is 13.1. The van der Waals surface area contributed by atoms with E-state index in [-0.39, 0.29) is 17.3 Å². The molecule has 2 heterocycles. The predicted octanol–water partition coefficient (Wildman–Crippen LogP) is 1.72. The lowest BCUT2D eigenvalue weighted by atomic mass is 10.1. The van der Waals surface area contributed by atoms with Crippen LogP contribution in [0.2, 0.25) is 0 Å². The van der Waals surface area contributed by atoms with Gasteiger partial charge in [-0.25, -0.2) is 4.68 Å². The maximum Gasteiger partial charge on any atom is 0.418 e. The topological polar surface area (TPSA) is 63.1 Å². The van der Waals surface area contributed by atoms with Crippen molar-refractivity contribution < 1.29 is 18.0 Å². The first-order valence-corrected chi connectivity index (χ1v) is 7.56. The molecule has 1 N–H and O–H groups in total. The molecule has 0 bridgehead atoms. The van der Waals surface area contributed by atoms with Crippen LogP contribution >= 0.6 is 0 Å². The number of nitrogens with one attached hydrogen (secondary N) is 1. The van der Waals surface area contributed by atoms with Gasteiger partial charge in [0, 0.05) is 19.6 Å². The van der Waals surface area contributed by atoms with Crippen molar-refractivity contribution in [3.63, 3.8) is 0 Å². The van der Waals surface area contributed by atoms with Gasteiger partial charge < -0.3 is 10.2 Å². The summed E-state index contributed by atoms with van der Waals surface area (Å²) in [5.74, 6) is -0.325. The summed E-state index contributed by atoms with van der Waals surface area (Å²) in [7, 11) is 0. The number of alkyl halides is 3. The second-order valence-corrected chi connectivity index (χ2v) is 5.46. The van der Waals surface area contributed by atoms with E-state index in [1.807, 2.05) is 0 Å². The molecule has 1 amide bonds. The lowest BCUT2D eigenvalue weighted by Gasteiger charge is -2.18. The van der Waals surface area contributed by atoms with Crippen LogP contribution in [0.1, 0.15) is 22.5 Å². The third-order valence-corrected chi connectivity index (χ3v) is 3.80. The predicted molar refractivity (Wildman–Crippen MR) is 79.8 cm³/mol. The normalized spacial score (nSPS) is 16.0. The van der Waals surface area contributed by atoms with E-state index in [0.717, 1.165) is 23.7 Å². The lowest BCUT2D eigenvalue weighted by Crippen LogP contribution is -2.34. The Morgan fingerprint density at radius 2 is 1.96 bits per heavy atom. The second-order valence-electron chi connectivity index (χ2n) is 5.46. The van der Waals surface area contributed by atoms with E-state index in [0.29, 0.717) is 19.6 Å². The smallest absolute Gasteiger partial charge is 0.336 e. The molecule has 128 valence electrons. The number of rotatable bonds is 2. The zero-order chi connectivity index (χ0) is 17.2. The number of hydrogen-bond acceptors (Lipinski definition) is 4. The minimum atomic E-state index is -4.51. The van der Waals surface area contributed by atoms with E-state index in [1.54, 1.807) is 4.90 Å². The van der Waals surface area contributed by atoms with E-state index in [9.17, 15) is 18.0 Å². The number of hydrogen-bond donors (Lipinski definition) is 1. The van der Waals surface area contributed by atoms with Crippen molar-refractivity contribution in [2.45, 2.75) is 12.6 Å². The average Bonchev–Trinajstić information content (AvgIpc) is 2.89. The SMILES string of the molecule is O=C(c1cn(-c2ccccc2C(F)(F)F)nn1)N1CCCNCC1. The first-order valence-electron chi connectivity index (χ1n) is 7.56. The summed E-state index contributed by atoms with van der Waals surface area (Å²) >= 11 is 0. The van der Waals surface area contributed by atoms with Gasteiger partial charge >= 0.3 is 6.18 Å². The van der Waals surface area contributed by atoms with Crippen LogP contribution in [0.4, 0.5) is 13.2 Å². The van der Waals surface area contributed by atoms with Crippen molar-refractivity contribution >= 4 is 5.91 Å². The Labute approximate surface area is 136 Å². The molecule has 2 aromatic rings. The first kappa shape index (κ1) is 16.4. The van der Waals surface area contributed by atoms with Gasteiger partial charge in [0.25, 0.3) is 5.91 Å². The summed E-state index contributed by atoms with van der Waals surface area (Å²) in [5, 5.41) is 10.6. The molecule has 0 aliphatic carbocycles. The van der Waals surface area contributed by atoms with Gasteiger partial charge in [0.2, 0.25) is 0 Å². The first-order chi connectivity index (χ1) is 11.5. The third kappa shape index (κ3) is 3.40. The highest BCUT2D eigenvalue weighted by Crippen LogP contribution is 2.33. The largest absolute Gasteiger partial charge is 0.418 e. The number of halogens is 3. The summed E-state index contributed by atoms with van der Waals surface area (Å²) in [6.07, 6.45) is -2.45. The zero-order valence-electron chi connectivity index (χ0n) is 12.8. The molecular formula is C15H16F3N5O. The molecule has 1 aromatic carbocycles. The summed E-state index contributed by atoms with van der Waals surface area (Å²) < 4.78 is 40.3. The highest BCUT2D eigenvalue weighted by atomic mass is 19.4. The number of para-hydroxylation sites is 1. The Balaban J connectivity index is 1.87. The number of amides is 1. The van der Waals surface area contributed by atoms with E-state index >= 15 is 0 Å². The number of aromatic nitrogens is 3. The van der Waals surface area contributed by atoms with Gasteiger partial charge in [-0.1, -0.05) is 17.3 Å². The fraction of sp³-hybridized carbons (Fsp3) is 0.400. The molecule has 0 radical (unpaired) electrons. The Hall–Kier alpha value is -2.42. The monoisotopic (exact) mass is 339 g/mol. The van der Waals surface area contributed by atoms with E-state index in [4.69, 9.17) is 0 Å². The lowest BCUT2D eigenvalue weighted by molar-refractivity contribution is -0.137. The molecule has 1 fully saturated rings. The molecule has 1 aliphatic heterocycles. The Morgan fingerprint density at radius 3 is 2.75 bits per heavy atom. The molecule has 0 unspecified atom stereocenters. The average molecular weight is 339 g/mol. The van der Waals surface area contributed by atoms with Gasteiger partial charge in [0.1, 0.15) is 0 Å². The molecule has 0 atom stereocenters. The van der Waals surface area contributed by atoms with Crippen molar-refractivity contribution in [2.24, 2.45) is 0 Å². The van der Waals surface area contributed by atoms with Crippen LogP contribution in [0.5, 0.6) is 0 Å². The molecule has 1 aromatic heterocycles. The molecular weight excluding hydrogens is 323 g/mol. The van der Waals surface area contributed by atoms with Crippen molar-refractivity contribution in [2.75, 3.05) is 26.2 Å². The molecule has 1 saturated heterocycles. The highest BCUT2D eigenvalue weighted by molar-refractivity contribution is 5.92. The van der Waals surface area contributed by atoms with Gasteiger partial charge in [-0.05, 0) is 25.1 Å².